The Morgan fingerprint density at radius 3 is 2.64 bits per heavy atom. The molecule has 336 valence electrons. The van der Waals surface area contributed by atoms with E-state index in [0.29, 0.717) is 37.8 Å². The number of carbonyl (C=O) groups is 3. The van der Waals surface area contributed by atoms with E-state index in [-0.39, 0.29) is 58.6 Å². The molecular weight excluding hydrogens is 857 g/mol. The molecule has 2 saturated carbocycles. The Hall–Kier alpha value is -4.19. The van der Waals surface area contributed by atoms with Gasteiger partial charge in [0.2, 0.25) is 6.29 Å². The molecule has 8 N–H and O–H groups in total. The second-order valence-corrected chi connectivity index (χ2v) is 21.9. The van der Waals surface area contributed by atoms with Gasteiger partial charge in [-0.25, -0.2) is 0 Å². The van der Waals surface area contributed by atoms with Crippen molar-refractivity contribution < 1.29 is 54.5 Å². The Balaban J connectivity index is 1.07. The predicted molar refractivity (Wildman–Crippen MR) is 238 cm³/mol. The van der Waals surface area contributed by atoms with Gasteiger partial charge < -0.3 is 55.5 Å². The average molecular weight is 909 g/mol. The molecule has 0 aromatic heterocycles. The maximum Gasteiger partial charge on any atom is 0.229 e. The number of dihydropyridines is 1. The van der Waals surface area contributed by atoms with Crippen LogP contribution in [0.4, 0.5) is 0 Å². The van der Waals surface area contributed by atoms with Gasteiger partial charge in [0.1, 0.15) is 52.9 Å². The van der Waals surface area contributed by atoms with Crippen LogP contribution in [-0.4, -0.2) is 103 Å². The standard InChI is InChI=1S/C49H52N2O11S2/c52-20-26-5-1-4-25(14-26)15-27-16-32-40(56)30-7-2-8-33-39(30)42(58)48(32,36(55)17-27)24-63-64-37-19-28-18-35-46(10-3-6-29(46)21-53)11-12-47(35,31-9-13-50-44(51-37)38(28)31)23-49(60)41(57)34(22-54)62-45(61-33)43(49)59/h1-2,4-5,7-9,14,16-18,21,29,32,34-35,37,41,43,45,50-52,54-55,57,59-60H,3,6,10-13,15,19-20,22-24H2/t29-,32-,34-,35-,37-,41-,43+,45-,46-,47-,48+,49+/m1/s1. The van der Waals surface area contributed by atoms with E-state index in [1.807, 2.05) is 24.3 Å². The highest BCUT2D eigenvalue weighted by atomic mass is 33.1. The Bertz CT molecular complexity index is 2520. The minimum absolute atomic E-state index is 0.00541. The molecule has 13 nitrogen and oxygen atoms in total. The molecule has 15 heteroatoms. The number of hydrogen-bond acceptors (Lipinski definition) is 15. The predicted octanol–water partition coefficient (Wildman–Crippen LogP) is 4.50. The van der Waals surface area contributed by atoms with E-state index < -0.39 is 70.5 Å². The summed E-state index contributed by atoms with van der Waals surface area (Å²) < 4.78 is 12.5. The number of ketones is 2. The van der Waals surface area contributed by atoms with Crippen LogP contribution in [0.3, 0.4) is 0 Å². The maximum absolute atomic E-state index is 15.4. The molecule has 13 rings (SSSR count). The molecule has 5 aliphatic carbocycles. The van der Waals surface area contributed by atoms with Crippen molar-refractivity contribution in [1.82, 2.24) is 10.6 Å². The third kappa shape index (κ3) is 5.97. The Morgan fingerprint density at radius 2 is 1.83 bits per heavy atom. The number of nitrogens with one attached hydrogen (secondary N) is 2. The van der Waals surface area contributed by atoms with Crippen molar-refractivity contribution in [2.75, 3.05) is 18.9 Å². The van der Waals surface area contributed by atoms with Crippen LogP contribution in [0.1, 0.15) is 76.8 Å². The van der Waals surface area contributed by atoms with Crippen LogP contribution < -0.4 is 15.4 Å². The highest BCUT2D eigenvalue weighted by Crippen LogP contribution is 2.72. The summed E-state index contributed by atoms with van der Waals surface area (Å²) in [6.07, 6.45) is 6.54. The van der Waals surface area contributed by atoms with Gasteiger partial charge in [-0.3, -0.25) is 9.59 Å². The molecule has 0 radical (unpaired) electrons. The van der Waals surface area contributed by atoms with Gasteiger partial charge in [-0.2, -0.15) is 0 Å². The lowest BCUT2D eigenvalue weighted by atomic mass is 9.53. The van der Waals surface area contributed by atoms with Crippen LogP contribution in [0, 0.1) is 34.0 Å². The summed E-state index contributed by atoms with van der Waals surface area (Å²) in [6.45, 7) is -0.412. The summed E-state index contributed by atoms with van der Waals surface area (Å²) in [5, 5.41) is 77.4. The number of aliphatic hydroxyl groups excluding tert-OH is 5. The molecule has 0 unspecified atom stereocenters. The van der Waals surface area contributed by atoms with Gasteiger partial charge >= 0.3 is 0 Å². The Labute approximate surface area is 378 Å². The van der Waals surface area contributed by atoms with Crippen LogP contribution in [0.5, 0.6) is 5.75 Å². The summed E-state index contributed by atoms with van der Waals surface area (Å²) in [7, 11) is 2.92. The zero-order chi connectivity index (χ0) is 44.3. The Morgan fingerprint density at radius 1 is 1.00 bits per heavy atom. The number of ether oxygens (including phenoxy) is 2. The summed E-state index contributed by atoms with van der Waals surface area (Å²) >= 11 is 0. The number of Topliss-reactive ketones (excluding diaryl/α,β-unsaturated/α-hetero) is 2. The number of aldehydes is 1. The van der Waals surface area contributed by atoms with Crippen LogP contribution in [0.25, 0.3) is 0 Å². The van der Waals surface area contributed by atoms with Gasteiger partial charge in [0.15, 0.2) is 11.6 Å². The molecule has 12 atom stereocenters. The molecule has 2 aromatic rings. The summed E-state index contributed by atoms with van der Waals surface area (Å²) in [5.74, 6) is -2.08. The lowest BCUT2D eigenvalue weighted by Crippen LogP contribution is -2.70. The number of carbonyl (C=O) groups excluding carboxylic acids is 3. The van der Waals surface area contributed by atoms with Gasteiger partial charge in [0, 0.05) is 41.2 Å². The van der Waals surface area contributed by atoms with Gasteiger partial charge in [0.25, 0.3) is 0 Å². The van der Waals surface area contributed by atoms with Crippen LogP contribution in [0.15, 0.2) is 101 Å². The topological polar surface area (TPSA) is 215 Å². The quantitative estimate of drug-likeness (QED) is 0.153. The fraction of sp³-hybridized carbons (Fsp3) is 0.490. The van der Waals surface area contributed by atoms with E-state index in [4.69, 9.17) is 9.47 Å². The number of hydrogen-bond donors (Lipinski definition) is 8. The molecule has 0 amide bonds. The number of benzene rings is 2. The number of aliphatic hydroxyl groups is 6. The van der Waals surface area contributed by atoms with E-state index in [9.17, 15) is 40.2 Å². The molecule has 3 spiro atoms. The van der Waals surface area contributed by atoms with Crippen molar-refractivity contribution in [1.29, 1.82) is 0 Å². The van der Waals surface area contributed by atoms with Gasteiger partial charge in [0.05, 0.1) is 30.1 Å². The molecule has 64 heavy (non-hydrogen) atoms. The second kappa shape index (κ2) is 15.4. The van der Waals surface area contributed by atoms with Crippen molar-refractivity contribution in [2.45, 2.75) is 93.6 Å². The number of rotatable bonds is 5. The van der Waals surface area contributed by atoms with E-state index >= 15 is 4.79 Å². The van der Waals surface area contributed by atoms with E-state index in [0.717, 1.165) is 59.2 Å². The van der Waals surface area contributed by atoms with Crippen molar-refractivity contribution in [3.05, 3.63) is 123 Å². The monoisotopic (exact) mass is 908 g/mol. The van der Waals surface area contributed by atoms with Gasteiger partial charge in [-0.1, -0.05) is 82.6 Å². The third-order valence-electron chi connectivity index (χ3n) is 16.3. The summed E-state index contributed by atoms with van der Waals surface area (Å²) in [4.78, 5) is 43.3. The first kappa shape index (κ1) is 42.4. The SMILES string of the molecule is O=C[C@H]1CCC[C@@]12CC[C@]13C[C@]4(O)[C@H](O)[C@@H](CO)O[C@@H](Oc5cccc6c5C(=O)[C@]5(CSS[C@@H]7CC(=C[C@@H]12)C1=C(NCC=C13)N7)C(O)=CC(Cc1cccc(CO)c1)=C[C@@H]5C6=O)[C@@H]4O. The minimum atomic E-state index is -2.33. The molecule has 3 fully saturated rings. The average Bonchev–Trinajstić information content (AvgIpc) is 3.86. The van der Waals surface area contributed by atoms with Gasteiger partial charge in [-0.05, 0) is 89.8 Å². The van der Waals surface area contributed by atoms with Crippen molar-refractivity contribution in [3.8, 4) is 5.75 Å². The zero-order valence-corrected chi connectivity index (χ0v) is 36.7. The van der Waals surface area contributed by atoms with Crippen LogP contribution in [0.2, 0.25) is 0 Å². The highest BCUT2D eigenvalue weighted by molar-refractivity contribution is 8.76. The lowest BCUT2D eigenvalue weighted by Gasteiger charge is -2.56. The Kier molecular flexibility index (Phi) is 10.2. The van der Waals surface area contributed by atoms with Crippen LogP contribution in [-0.2, 0) is 22.6 Å². The van der Waals surface area contributed by atoms with Crippen molar-refractivity contribution in [2.24, 2.45) is 34.0 Å². The van der Waals surface area contributed by atoms with Gasteiger partial charge in [-0.15, -0.1) is 0 Å². The second-order valence-electron chi connectivity index (χ2n) is 19.3. The number of allylic oxidation sites excluding steroid dienone is 7. The first-order valence-electron chi connectivity index (χ1n) is 22.3. The smallest absolute Gasteiger partial charge is 0.229 e. The first-order valence-corrected chi connectivity index (χ1v) is 24.7. The minimum Gasteiger partial charge on any atom is -0.511 e. The van der Waals surface area contributed by atoms with E-state index in [1.165, 1.54) is 33.7 Å². The molecule has 6 heterocycles. The molecule has 2 aromatic carbocycles. The van der Waals surface area contributed by atoms with E-state index in [1.54, 1.807) is 18.2 Å². The third-order valence-corrected chi connectivity index (χ3v) is 19.0. The normalized spacial score (nSPS) is 39.6. The van der Waals surface area contributed by atoms with E-state index in [2.05, 4.69) is 22.8 Å². The first-order chi connectivity index (χ1) is 30.9. The lowest BCUT2D eigenvalue weighted by molar-refractivity contribution is -0.320. The largest absolute Gasteiger partial charge is 0.511 e. The molecule has 11 aliphatic rings. The molecule has 1 saturated heterocycles. The van der Waals surface area contributed by atoms with Crippen LogP contribution >= 0.6 is 21.6 Å². The van der Waals surface area contributed by atoms with Crippen molar-refractivity contribution >= 4 is 39.4 Å². The summed E-state index contributed by atoms with van der Waals surface area (Å²) in [6, 6.07) is 12.0. The molecular formula is C49H52N2O11S2. The highest BCUT2D eigenvalue weighted by Gasteiger charge is 2.68. The van der Waals surface area contributed by atoms with Crippen molar-refractivity contribution in [3.63, 3.8) is 0 Å². The molecule has 10 bridgehead atoms. The molecule has 6 aliphatic heterocycles. The maximum atomic E-state index is 15.4. The zero-order valence-electron chi connectivity index (χ0n) is 35.1. The fourth-order valence-electron chi connectivity index (χ4n) is 13.3. The summed E-state index contributed by atoms with van der Waals surface area (Å²) in [5.41, 5.74) is -0.131. The fourth-order valence-corrected chi connectivity index (χ4v) is 16.2.